The number of carbonyl (C=O) groups is 1. The second kappa shape index (κ2) is 4.94. The Balaban J connectivity index is 1.97. The summed E-state index contributed by atoms with van der Waals surface area (Å²) in [6.45, 7) is 0.0612. The molecule has 5 nitrogen and oxygen atoms in total. The van der Waals surface area contributed by atoms with Gasteiger partial charge in [-0.3, -0.25) is 9.69 Å². The van der Waals surface area contributed by atoms with Crippen molar-refractivity contribution < 1.29 is 13.2 Å². The molecule has 0 spiro atoms. The smallest absolute Gasteiger partial charge is 0.237 e. The SMILES string of the molecule is O=C1CC(S(=O)(=O)Cl)CN1c1nc2ccc(Br)cc2s1. The number of rotatable bonds is 2. The van der Waals surface area contributed by atoms with Crippen LogP contribution in [-0.4, -0.2) is 31.1 Å². The van der Waals surface area contributed by atoms with Crippen molar-refractivity contribution in [2.75, 3.05) is 11.4 Å². The summed E-state index contributed by atoms with van der Waals surface area (Å²) in [4.78, 5) is 17.7. The van der Waals surface area contributed by atoms with Crippen molar-refractivity contribution in [2.24, 2.45) is 0 Å². The molecule has 2 aromatic rings. The Hall–Kier alpha value is -0.700. The highest BCUT2D eigenvalue weighted by Crippen LogP contribution is 2.34. The zero-order chi connectivity index (χ0) is 14.5. The number of halogens is 2. The summed E-state index contributed by atoms with van der Waals surface area (Å²) in [6.07, 6.45) is -0.0918. The van der Waals surface area contributed by atoms with Crippen LogP contribution in [0.2, 0.25) is 0 Å². The van der Waals surface area contributed by atoms with Crippen molar-refractivity contribution in [1.29, 1.82) is 0 Å². The predicted molar refractivity (Wildman–Crippen MR) is 82.9 cm³/mol. The molecule has 106 valence electrons. The fraction of sp³-hybridized carbons (Fsp3) is 0.273. The van der Waals surface area contributed by atoms with Gasteiger partial charge in [-0.2, -0.15) is 0 Å². The molecule has 20 heavy (non-hydrogen) atoms. The van der Waals surface area contributed by atoms with Crippen molar-refractivity contribution >= 4 is 68.3 Å². The van der Waals surface area contributed by atoms with Crippen LogP contribution >= 0.6 is 37.9 Å². The van der Waals surface area contributed by atoms with Gasteiger partial charge < -0.3 is 0 Å². The van der Waals surface area contributed by atoms with Crippen molar-refractivity contribution in [3.63, 3.8) is 0 Å². The minimum atomic E-state index is -3.73. The maximum Gasteiger partial charge on any atom is 0.237 e. The molecule has 0 bridgehead atoms. The molecular formula is C11H8BrClN2O3S2. The van der Waals surface area contributed by atoms with Gasteiger partial charge in [-0.05, 0) is 18.2 Å². The quantitative estimate of drug-likeness (QED) is 0.733. The van der Waals surface area contributed by atoms with Gasteiger partial charge in [-0.1, -0.05) is 27.3 Å². The van der Waals surface area contributed by atoms with E-state index in [2.05, 4.69) is 20.9 Å². The number of hydrogen-bond donors (Lipinski definition) is 0. The monoisotopic (exact) mass is 394 g/mol. The fourth-order valence-corrected chi connectivity index (χ4v) is 4.62. The molecule has 1 aromatic heterocycles. The molecular weight excluding hydrogens is 388 g/mol. The van der Waals surface area contributed by atoms with Crippen LogP contribution in [0.3, 0.4) is 0 Å². The Kier molecular flexibility index (Phi) is 3.52. The molecule has 1 saturated heterocycles. The van der Waals surface area contributed by atoms with Gasteiger partial charge in [0, 0.05) is 28.1 Å². The third-order valence-electron chi connectivity index (χ3n) is 3.06. The Bertz CT molecular complexity index is 805. The van der Waals surface area contributed by atoms with Crippen LogP contribution in [-0.2, 0) is 13.8 Å². The van der Waals surface area contributed by atoms with E-state index in [9.17, 15) is 13.2 Å². The first-order valence-electron chi connectivity index (χ1n) is 5.64. The molecule has 0 N–H and O–H groups in total. The molecule has 0 aliphatic carbocycles. The molecule has 0 saturated carbocycles. The largest absolute Gasteiger partial charge is 0.287 e. The van der Waals surface area contributed by atoms with E-state index >= 15 is 0 Å². The molecule has 3 rings (SSSR count). The third-order valence-corrected chi connectivity index (χ3v) is 6.46. The standard InChI is InChI=1S/C11H8BrClN2O3S2/c12-6-1-2-8-9(3-6)19-11(14-8)15-5-7(4-10(15)16)20(13,17)18/h1-3,7H,4-5H2. The summed E-state index contributed by atoms with van der Waals surface area (Å²) in [5.74, 6) is -0.266. The van der Waals surface area contributed by atoms with Crippen LogP contribution in [0.4, 0.5) is 5.13 Å². The average molecular weight is 396 g/mol. The van der Waals surface area contributed by atoms with E-state index in [-0.39, 0.29) is 18.9 Å². The van der Waals surface area contributed by atoms with E-state index in [0.29, 0.717) is 5.13 Å². The lowest BCUT2D eigenvalue weighted by atomic mass is 10.3. The fourth-order valence-electron chi connectivity index (χ4n) is 2.05. The minimum absolute atomic E-state index is 0.0612. The lowest BCUT2D eigenvalue weighted by Crippen LogP contribution is -2.26. The number of benzene rings is 1. The van der Waals surface area contributed by atoms with Crippen LogP contribution in [0.1, 0.15) is 6.42 Å². The Labute approximate surface area is 132 Å². The Morgan fingerprint density at radius 1 is 1.45 bits per heavy atom. The molecule has 1 aromatic carbocycles. The van der Waals surface area contributed by atoms with Crippen molar-refractivity contribution in [3.05, 3.63) is 22.7 Å². The maximum atomic E-state index is 11.9. The zero-order valence-corrected chi connectivity index (χ0v) is 13.9. The molecule has 1 aliphatic rings. The lowest BCUT2D eigenvalue weighted by molar-refractivity contribution is -0.117. The highest BCUT2D eigenvalue weighted by molar-refractivity contribution is 9.10. The number of anilines is 1. The van der Waals surface area contributed by atoms with Gasteiger partial charge in [0.2, 0.25) is 15.0 Å². The van der Waals surface area contributed by atoms with E-state index in [0.717, 1.165) is 14.7 Å². The lowest BCUT2D eigenvalue weighted by Gasteiger charge is -2.11. The summed E-state index contributed by atoms with van der Waals surface area (Å²) >= 11 is 4.73. The normalized spacial score (nSPS) is 20.0. The van der Waals surface area contributed by atoms with Gasteiger partial charge in [0.25, 0.3) is 0 Å². The van der Waals surface area contributed by atoms with Crippen molar-refractivity contribution in [1.82, 2.24) is 4.98 Å². The number of aromatic nitrogens is 1. The van der Waals surface area contributed by atoms with Gasteiger partial charge >= 0.3 is 0 Å². The van der Waals surface area contributed by atoms with E-state index < -0.39 is 14.3 Å². The minimum Gasteiger partial charge on any atom is -0.287 e. The number of fused-ring (bicyclic) bond motifs is 1. The average Bonchev–Trinajstić information content (AvgIpc) is 2.90. The van der Waals surface area contributed by atoms with Crippen LogP contribution in [0.15, 0.2) is 22.7 Å². The molecule has 2 heterocycles. The number of amides is 1. The summed E-state index contributed by atoms with van der Waals surface area (Å²) < 4.78 is 24.5. The first-order chi connectivity index (χ1) is 9.34. The van der Waals surface area contributed by atoms with Gasteiger partial charge in [0.15, 0.2) is 5.13 Å². The zero-order valence-electron chi connectivity index (χ0n) is 9.92. The Morgan fingerprint density at radius 2 is 2.20 bits per heavy atom. The summed E-state index contributed by atoms with van der Waals surface area (Å²) in [7, 11) is 1.59. The topological polar surface area (TPSA) is 67.3 Å². The second-order valence-corrected chi connectivity index (χ2v) is 9.25. The van der Waals surface area contributed by atoms with Gasteiger partial charge in [-0.25, -0.2) is 13.4 Å². The molecule has 0 radical (unpaired) electrons. The van der Waals surface area contributed by atoms with Crippen molar-refractivity contribution in [3.8, 4) is 0 Å². The van der Waals surface area contributed by atoms with Gasteiger partial charge in [-0.15, -0.1) is 0 Å². The molecule has 1 atom stereocenters. The summed E-state index contributed by atoms with van der Waals surface area (Å²) in [5.41, 5.74) is 0.776. The highest BCUT2D eigenvalue weighted by Gasteiger charge is 2.39. The van der Waals surface area contributed by atoms with Gasteiger partial charge in [0.1, 0.15) is 5.25 Å². The van der Waals surface area contributed by atoms with Crippen LogP contribution in [0.5, 0.6) is 0 Å². The van der Waals surface area contributed by atoms with E-state index in [1.165, 1.54) is 16.2 Å². The highest BCUT2D eigenvalue weighted by atomic mass is 79.9. The van der Waals surface area contributed by atoms with Crippen LogP contribution in [0.25, 0.3) is 10.2 Å². The molecule has 1 amide bonds. The summed E-state index contributed by atoms with van der Waals surface area (Å²) in [5, 5.41) is -0.360. The number of thiazole rings is 1. The molecule has 9 heteroatoms. The second-order valence-electron chi connectivity index (χ2n) is 4.41. The van der Waals surface area contributed by atoms with Crippen molar-refractivity contribution in [2.45, 2.75) is 11.7 Å². The van der Waals surface area contributed by atoms with Crippen LogP contribution in [0, 0.1) is 0 Å². The molecule has 1 unspecified atom stereocenters. The third kappa shape index (κ3) is 2.57. The number of carbonyl (C=O) groups excluding carboxylic acids is 1. The van der Waals surface area contributed by atoms with E-state index in [4.69, 9.17) is 10.7 Å². The summed E-state index contributed by atoms with van der Waals surface area (Å²) in [6, 6.07) is 5.62. The number of hydrogen-bond acceptors (Lipinski definition) is 5. The maximum absolute atomic E-state index is 11.9. The van der Waals surface area contributed by atoms with E-state index in [1.54, 1.807) is 0 Å². The predicted octanol–water partition coefficient (Wildman–Crippen LogP) is 2.73. The molecule has 1 aliphatic heterocycles. The first kappa shape index (κ1) is 14.2. The van der Waals surface area contributed by atoms with E-state index in [1.807, 2.05) is 18.2 Å². The first-order valence-corrected chi connectivity index (χ1v) is 9.63. The van der Waals surface area contributed by atoms with Crippen LogP contribution < -0.4 is 4.90 Å². The molecule has 1 fully saturated rings. The number of nitrogens with zero attached hydrogens (tertiary/aromatic N) is 2. The van der Waals surface area contributed by atoms with Gasteiger partial charge in [0.05, 0.1) is 10.2 Å². The Morgan fingerprint density at radius 3 is 2.85 bits per heavy atom.